The van der Waals surface area contributed by atoms with Crippen molar-refractivity contribution >= 4 is 5.82 Å². The maximum absolute atomic E-state index is 13.1. The van der Waals surface area contributed by atoms with Crippen molar-refractivity contribution in [1.29, 1.82) is 0 Å². The quantitative estimate of drug-likeness (QED) is 0.796. The second kappa shape index (κ2) is 6.75. The molecule has 0 radical (unpaired) electrons. The lowest BCUT2D eigenvalue weighted by atomic mass is 10.1. The molecular formula is C15H17FN2O2. The number of hydrogen-bond acceptors (Lipinski definition) is 4. The Morgan fingerprint density at radius 3 is 2.95 bits per heavy atom. The smallest absolute Gasteiger partial charge is 0.214 e. The van der Waals surface area contributed by atoms with Gasteiger partial charge in [-0.2, -0.15) is 4.98 Å². The van der Waals surface area contributed by atoms with Gasteiger partial charge in [0.2, 0.25) is 5.88 Å². The van der Waals surface area contributed by atoms with E-state index in [-0.39, 0.29) is 11.6 Å². The highest BCUT2D eigenvalue weighted by Crippen LogP contribution is 2.19. The molecule has 0 saturated carbocycles. The Balaban J connectivity index is 1.82. The van der Waals surface area contributed by atoms with E-state index in [2.05, 4.69) is 10.3 Å². The largest absolute Gasteiger partial charge is 0.508 e. The van der Waals surface area contributed by atoms with Crippen molar-refractivity contribution in [1.82, 2.24) is 4.98 Å². The van der Waals surface area contributed by atoms with Crippen molar-refractivity contribution < 1.29 is 14.2 Å². The number of phenols is 1. The Labute approximate surface area is 117 Å². The van der Waals surface area contributed by atoms with Gasteiger partial charge in [-0.05, 0) is 42.7 Å². The van der Waals surface area contributed by atoms with Crippen LogP contribution in [0.5, 0.6) is 11.6 Å². The lowest BCUT2D eigenvalue weighted by Crippen LogP contribution is -2.05. The zero-order valence-corrected chi connectivity index (χ0v) is 11.3. The summed E-state index contributed by atoms with van der Waals surface area (Å²) in [5.74, 6) is 1.08. The van der Waals surface area contributed by atoms with Crippen LogP contribution in [0.2, 0.25) is 0 Å². The fraction of sp³-hybridized carbons (Fsp3) is 0.267. The van der Waals surface area contributed by atoms with Crippen molar-refractivity contribution in [2.45, 2.75) is 12.8 Å². The van der Waals surface area contributed by atoms with E-state index in [1.807, 2.05) is 12.1 Å². The van der Waals surface area contributed by atoms with Gasteiger partial charge in [0.1, 0.15) is 17.4 Å². The molecule has 0 spiro atoms. The van der Waals surface area contributed by atoms with Crippen molar-refractivity contribution in [3.8, 4) is 11.6 Å². The van der Waals surface area contributed by atoms with Crippen LogP contribution in [0.25, 0.3) is 0 Å². The maximum Gasteiger partial charge on any atom is 0.214 e. The van der Waals surface area contributed by atoms with Crippen LogP contribution >= 0.6 is 0 Å². The van der Waals surface area contributed by atoms with Gasteiger partial charge in [-0.15, -0.1) is 0 Å². The number of aromatic hydroxyl groups is 1. The fourth-order valence-electron chi connectivity index (χ4n) is 1.88. The molecule has 0 saturated heterocycles. The number of benzene rings is 1. The van der Waals surface area contributed by atoms with Crippen LogP contribution in [0.1, 0.15) is 12.0 Å². The van der Waals surface area contributed by atoms with Gasteiger partial charge in [0.25, 0.3) is 0 Å². The molecule has 2 N–H and O–H groups in total. The summed E-state index contributed by atoms with van der Waals surface area (Å²) in [6.45, 7) is 0.677. The number of aryl methyl sites for hydroxylation is 1. The summed E-state index contributed by atoms with van der Waals surface area (Å²) in [6.07, 6.45) is 1.36. The van der Waals surface area contributed by atoms with Gasteiger partial charge in [0.15, 0.2) is 0 Å². The third-order valence-corrected chi connectivity index (χ3v) is 2.90. The average Bonchev–Trinajstić information content (AvgIpc) is 2.47. The van der Waals surface area contributed by atoms with Crippen molar-refractivity contribution in [2.75, 3.05) is 19.0 Å². The highest BCUT2D eigenvalue weighted by atomic mass is 19.1. The predicted molar refractivity (Wildman–Crippen MR) is 75.7 cm³/mol. The average molecular weight is 276 g/mol. The number of rotatable bonds is 6. The summed E-state index contributed by atoms with van der Waals surface area (Å²) in [5, 5.41) is 12.8. The molecule has 1 aromatic heterocycles. The molecule has 20 heavy (non-hydrogen) atoms. The molecule has 2 aromatic rings. The second-order valence-corrected chi connectivity index (χ2v) is 4.37. The zero-order chi connectivity index (χ0) is 14.4. The van der Waals surface area contributed by atoms with Gasteiger partial charge in [0, 0.05) is 12.6 Å². The first-order chi connectivity index (χ1) is 9.69. The minimum atomic E-state index is -0.333. The summed E-state index contributed by atoms with van der Waals surface area (Å²) >= 11 is 0. The Bertz CT molecular complexity index is 576. The van der Waals surface area contributed by atoms with E-state index in [0.717, 1.165) is 12.2 Å². The fourth-order valence-corrected chi connectivity index (χ4v) is 1.88. The first-order valence-corrected chi connectivity index (χ1v) is 6.41. The standard InChI is InChI=1S/C15H17FN2O2/c1-20-15-6-2-5-14(18-15)17-9-3-4-11-10-12(16)7-8-13(11)19/h2,5-8,10,19H,3-4,9H2,1H3,(H,17,18). The minimum absolute atomic E-state index is 0.130. The van der Waals surface area contributed by atoms with Crippen molar-refractivity contribution in [2.24, 2.45) is 0 Å². The molecule has 0 fully saturated rings. The number of phenolic OH excluding ortho intramolecular Hbond substituents is 1. The van der Waals surface area contributed by atoms with E-state index in [9.17, 15) is 9.50 Å². The molecule has 0 unspecified atom stereocenters. The van der Waals surface area contributed by atoms with Crippen LogP contribution in [0.4, 0.5) is 10.2 Å². The maximum atomic E-state index is 13.1. The number of aromatic nitrogens is 1. The van der Waals surface area contributed by atoms with Gasteiger partial charge in [0.05, 0.1) is 7.11 Å². The summed E-state index contributed by atoms with van der Waals surface area (Å²) < 4.78 is 18.1. The van der Waals surface area contributed by atoms with E-state index in [1.54, 1.807) is 13.2 Å². The molecular weight excluding hydrogens is 259 g/mol. The molecule has 4 nitrogen and oxygen atoms in total. The van der Waals surface area contributed by atoms with E-state index < -0.39 is 0 Å². The first-order valence-electron chi connectivity index (χ1n) is 6.41. The molecule has 1 aromatic carbocycles. The molecule has 1 heterocycles. The highest BCUT2D eigenvalue weighted by molar-refractivity contribution is 5.37. The number of hydrogen-bond donors (Lipinski definition) is 2. The Hall–Kier alpha value is -2.30. The van der Waals surface area contributed by atoms with Gasteiger partial charge in [-0.25, -0.2) is 4.39 Å². The van der Waals surface area contributed by atoms with Crippen LogP contribution in [0, 0.1) is 5.82 Å². The summed E-state index contributed by atoms with van der Waals surface area (Å²) in [4.78, 5) is 4.22. The summed E-state index contributed by atoms with van der Waals surface area (Å²) in [6, 6.07) is 9.46. The lowest BCUT2D eigenvalue weighted by Gasteiger charge is -2.08. The highest BCUT2D eigenvalue weighted by Gasteiger charge is 2.03. The first kappa shape index (κ1) is 14.1. The van der Waals surface area contributed by atoms with E-state index in [0.29, 0.717) is 24.4 Å². The van der Waals surface area contributed by atoms with E-state index in [1.165, 1.54) is 18.2 Å². The molecule has 5 heteroatoms. The SMILES string of the molecule is COc1cccc(NCCCc2cc(F)ccc2O)n1. The zero-order valence-electron chi connectivity index (χ0n) is 11.3. The number of nitrogens with one attached hydrogen (secondary N) is 1. The number of halogens is 1. The van der Waals surface area contributed by atoms with Crippen LogP contribution in [-0.2, 0) is 6.42 Å². The molecule has 0 amide bonds. The number of ether oxygens (including phenoxy) is 1. The van der Waals surface area contributed by atoms with E-state index >= 15 is 0 Å². The third kappa shape index (κ3) is 3.85. The van der Waals surface area contributed by atoms with Gasteiger partial charge >= 0.3 is 0 Å². The van der Waals surface area contributed by atoms with Crippen molar-refractivity contribution in [3.63, 3.8) is 0 Å². The number of pyridine rings is 1. The number of anilines is 1. The summed E-state index contributed by atoms with van der Waals surface area (Å²) in [5.41, 5.74) is 0.616. The molecule has 0 aliphatic rings. The molecule has 0 aliphatic carbocycles. The monoisotopic (exact) mass is 276 g/mol. The van der Waals surface area contributed by atoms with Crippen LogP contribution in [-0.4, -0.2) is 23.7 Å². The number of nitrogens with zero attached hydrogens (tertiary/aromatic N) is 1. The molecule has 106 valence electrons. The Morgan fingerprint density at radius 1 is 1.30 bits per heavy atom. The minimum Gasteiger partial charge on any atom is -0.508 e. The van der Waals surface area contributed by atoms with E-state index in [4.69, 9.17) is 4.74 Å². The van der Waals surface area contributed by atoms with Crippen LogP contribution < -0.4 is 10.1 Å². The molecule has 2 rings (SSSR count). The van der Waals surface area contributed by atoms with Crippen LogP contribution in [0.15, 0.2) is 36.4 Å². The summed E-state index contributed by atoms with van der Waals surface area (Å²) in [7, 11) is 1.57. The molecule has 0 bridgehead atoms. The van der Waals surface area contributed by atoms with Gasteiger partial charge in [-0.1, -0.05) is 6.07 Å². The number of methoxy groups -OCH3 is 1. The normalized spacial score (nSPS) is 10.3. The van der Waals surface area contributed by atoms with Gasteiger partial charge < -0.3 is 15.2 Å². The second-order valence-electron chi connectivity index (χ2n) is 4.37. The Kier molecular flexibility index (Phi) is 4.76. The molecule has 0 aliphatic heterocycles. The van der Waals surface area contributed by atoms with Gasteiger partial charge in [-0.3, -0.25) is 0 Å². The van der Waals surface area contributed by atoms with Crippen molar-refractivity contribution in [3.05, 3.63) is 47.8 Å². The Morgan fingerprint density at radius 2 is 2.15 bits per heavy atom. The third-order valence-electron chi connectivity index (χ3n) is 2.90. The predicted octanol–water partition coefficient (Wildman–Crippen LogP) is 2.98. The van der Waals surface area contributed by atoms with Crippen LogP contribution in [0.3, 0.4) is 0 Å². The lowest BCUT2D eigenvalue weighted by molar-refractivity contribution is 0.398. The topological polar surface area (TPSA) is 54.4 Å². The molecule has 0 atom stereocenters.